The van der Waals surface area contributed by atoms with E-state index in [2.05, 4.69) is 4.90 Å². The molecule has 0 bridgehead atoms. The second-order valence-electron chi connectivity index (χ2n) is 5.37. The Bertz CT molecular complexity index is 456. The summed E-state index contributed by atoms with van der Waals surface area (Å²) in [4.78, 5) is 16.2. The first kappa shape index (κ1) is 15.8. The lowest BCUT2D eigenvalue weighted by Gasteiger charge is -2.35. The number of nitrogens with two attached hydrogens (primary N) is 1. The number of aromatic hydroxyl groups is 1. The van der Waals surface area contributed by atoms with E-state index in [4.69, 9.17) is 10.8 Å². The minimum Gasteiger partial charge on any atom is -0.508 e. The van der Waals surface area contributed by atoms with E-state index in [-0.39, 0.29) is 18.3 Å². The Balaban J connectivity index is 1.84. The van der Waals surface area contributed by atoms with Gasteiger partial charge >= 0.3 is 0 Å². The molecule has 1 saturated heterocycles. The summed E-state index contributed by atoms with van der Waals surface area (Å²) in [5, 5.41) is 18.1. The van der Waals surface area contributed by atoms with Gasteiger partial charge in [-0.1, -0.05) is 12.1 Å². The van der Waals surface area contributed by atoms with E-state index in [1.165, 1.54) is 0 Å². The van der Waals surface area contributed by atoms with Crippen molar-refractivity contribution in [2.24, 2.45) is 5.73 Å². The number of hydrogen-bond acceptors (Lipinski definition) is 5. The smallest absolute Gasteiger partial charge is 0.239 e. The van der Waals surface area contributed by atoms with Crippen LogP contribution in [0.2, 0.25) is 0 Å². The van der Waals surface area contributed by atoms with Crippen molar-refractivity contribution in [3.63, 3.8) is 0 Å². The third kappa shape index (κ3) is 4.42. The summed E-state index contributed by atoms with van der Waals surface area (Å²) in [7, 11) is 0. The Morgan fingerprint density at radius 2 is 1.81 bits per heavy atom. The number of aliphatic hydroxyl groups excluding tert-OH is 1. The van der Waals surface area contributed by atoms with Gasteiger partial charge in [0.05, 0.1) is 12.6 Å². The zero-order valence-corrected chi connectivity index (χ0v) is 12.1. The molecule has 0 aromatic heterocycles. The van der Waals surface area contributed by atoms with E-state index in [9.17, 15) is 9.90 Å². The van der Waals surface area contributed by atoms with Crippen LogP contribution in [-0.2, 0) is 11.2 Å². The van der Waals surface area contributed by atoms with Gasteiger partial charge in [0, 0.05) is 32.7 Å². The molecule has 6 heteroatoms. The second-order valence-corrected chi connectivity index (χ2v) is 5.37. The van der Waals surface area contributed by atoms with Crippen molar-refractivity contribution in [1.82, 2.24) is 9.80 Å². The standard InChI is InChI=1S/C15H23N3O3/c16-14(11-12-1-3-13(20)4-2-12)15(21)18-7-5-17(6-8-18)9-10-19/h1-4,14,19-20H,5-11,16H2. The highest BCUT2D eigenvalue weighted by atomic mass is 16.3. The van der Waals surface area contributed by atoms with Crippen molar-refractivity contribution in [2.75, 3.05) is 39.3 Å². The van der Waals surface area contributed by atoms with Crippen LogP contribution in [0.5, 0.6) is 5.75 Å². The van der Waals surface area contributed by atoms with Gasteiger partial charge < -0.3 is 20.8 Å². The lowest BCUT2D eigenvalue weighted by Crippen LogP contribution is -2.53. The van der Waals surface area contributed by atoms with Crippen LogP contribution in [0.25, 0.3) is 0 Å². The number of nitrogens with zero attached hydrogens (tertiary/aromatic N) is 2. The lowest BCUT2D eigenvalue weighted by atomic mass is 10.1. The number of benzene rings is 1. The van der Waals surface area contributed by atoms with E-state index < -0.39 is 6.04 Å². The normalized spacial score (nSPS) is 17.7. The maximum Gasteiger partial charge on any atom is 0.239 e. The highest BCUT2D eigenvalue weighted by Gasteiger charge is 2.25. The molecule has 6 nitrogen and oxygen atoms in total. The Kier molecular flexibility index (Phi) is 5.55. The summed E-state index contributed by atoms with van der Waals surface area (Å²) in [6.45, 7) is 3.66. The number of carbonyl (C=O) groups is 1. The third-order valence-corrected chi connectivity index (χ3v) is 3.81. The van der Waals surface area contributed by atoms with Crippen molar-refractivity contribution in [3.05, 3.63) is 29.8 Å². The summed E-state index contributed by atoms with van der Waals surface area (Å²) >= 11 is 0. The minimum atomic E-state index is -0.557. The molecule has 1 aliphatic rings. The maximum atomic E-state index is 12.3. The Morgan fingerprint density at radius 1 is 1.19 bits per heavy atom. The topological polar surface area (TPSA) is 90.0 Å². The molecule has 1 aliphatic heterocycles. The van der Waals surface area contributed by atoms with Crippen LogP contribution in [-0.4, -0.2) is 71.3 Å². The van der Waals surface area contributed by atoms with Crippen LogP contribution >= 0.6 is 0 Å². The molecule has 116 valence electrons. The van der Waals surface area contributed by atoms with Gasteiger partial charge in [-0.15, -0.1) is 0 Å². The van der Waals surface area contributed by atoms with E-state index >= 15 is 0 Å². The number of phenolic OH excluding ortho intramolecular Hbond substituents is 1. The van der Waals surface area contributed by atoms with Gasteiger partial charge in [-0.05, 0) is 24.1 Å². The molecule has 0 radical (unpaired) electrons. The number of aliphatic hydroxyl groups is 1. The van der Waals surface area contributed by atoms with Crippen LogP contribution in [0, 0.1) is 0 Å². The highest BCUT2D eigenvalue weighted by Crippen LogP contribution is 2.12. The molecule has 1 aromatic carbocycles. The molecule has 4 N–H and O–H groups in total. The van der Waals surface area contributed by atoms with Gasteiger partial charge in [0.15, 0.2) is 0 Å². The summed E-state index contributed by atoms with van der Waals surface area (Å²) in [5.74, 6) is 0.172. The van der Waals surface area contributed by atoms with Crippen molar-refractivity contribution >= 4 is 5.91 Å². The minimum absolute atomic E-state index is 0.0354. The van der Waals surface area contributed by atoms with Crippen LogP contribution in [0.1, 0.15) is 5.56 Å². The summed E-state index contributed by atoms with van der Waals surface area (Å²) < 4.78 is 0. The molecule has 1 fully saturated rings. The van der Waals surface area contributed by atoms with E-state index in [0.29, 0.717) is 26.1 Å². The maximum absolute atomic E-state index is 12.3. The first-order chi connectivity index (χ1) is 10.1. The lowest BCUT2D eigenvalue weighted by molar-refractivity contribution is -0.134. The van der Waals surface area contributed by atoms with Gasteiger partial charge in [0.1, 0.15) is 5.75 Å². The molecular formula is C15H23N3O3. The van der Waals surface area contributed by atoms with E-state index in [0.717, 1.165) is 18.7 Å². The predicted octanol–water partition coefficient (Wildman–Crippen LogP) is -0.601. The Morgan fingerprint density at radius 3 is 2.38 bits per heavy atom. The molecule has 21 heavy (non-hydrogen) atoms. The molecule has 1 unspecified atom stereocenters. The zero-order chi connectivity index (χ0) is 15.2. The van der Waals surface area contributed by atoms with Crippen molar-refractivity contribution in [3.8, 4) is 5.75 Å². The molecular weight excluding hydrogens is 270 g/mol. The third-order valence-electron chi connectivity index (χ3n) is 3.81. The number of β-amino-alcohol motifs (C(OH)–C–C–N with tert-alkyl or cyclic N) is 1. The number of piperazine rings is 1. The van der Waals surface area contributed by atoms with E-state index in [1.807, 2.05) is 0 Å². The van der Waals surface area contributed by atoms with Crippen molar-refractivity contribution in [1.29, 1.82) is 0 Å². The SMILES string of the molecule is NC(Cc1ccc(O)cc1)C(=O)N1CCN(CCO)CC1. The molecule has 0 aliphatic carbocycles. The van der Waals surface area contributed by atoms with Crippen LogP contribution in [0.15, 0.2) is 24.3 Å². The Hall–Kier alpha value is -1.63. The number of hydrogen-bond donors (Lipinski definition) is 3. The summed E-state index contributed by atoms with van der Waals surface area (Å²) in [5.41, 5.74) is 6.94. The van der Waals surface area contributed by atoms with Crippen LogP contribution in [0.3, 0.4) is 0 Å². The predicted molar refractivity (Wildman–Crippen MR) is 79.9 cm³/mol. The van der Waals surface area contributed by atoms with Crippen LogP contribution < -0.4 is 5.73 Å². The molecule has 1 aromatic rings. The number of amides is 1. The molecule has 1 heterocycles. The molecule has 0 spiro atoms. The molecule has 0 saturated carbocycles. The molecule has 1 atom stereocenters. The number of carbonyl (C=O) groups excluding carboxylic acids is 1. The van der Waals surface area contributed by atoms with E-state index in [1.54, 1.807) is 29.2 Å². The van der Waals surface area contributed by atoms with Crippen LogP contribution in [0.4, 0.5) is 0 Å². The Labute approximate surface area is 124 Å². The first-order valence-corrected chi connectivity index (χ1v) is 7.25. The average Bonchev–Trinajstić information content (AvgIpc) is 2.50. The van der Waals surface area contributed by atoms with Crippen molar-refractivity contribution in [2.45, 2.75) is 12.5 Å². The van der Waals surface area contributed by atoms with Gasteiger partial charge in [0.25, 0.3) is 0 Å². The summed E-state index contributed by atoms with van der Waals surface area (Å²) in [6.07, 6.45) is 0.468. The van der Waals surface area contributed by atoms with Gasteiger partial charge in [-0.2, -0.15) is 0 Å². The fraction of sp³-hybridized carbons (Fsp3) is 0.533. The largest absolute Gasteiger partial charge is 0.508 e. The average molecular weight is 293 g/mol. The molecule has 2 rings (SSSR count). The van der Waals surface area contributed by atoms with Crippen molar-refractivity contribution < 1.29 is 15.0 Å². The summed E-state index contributed by atoms with van der Waals surface area (Å²) in [6, 6.07) is 6.20. The van der Waals surface area contributed by atoms with Gasteiger partial charge in [-0.3, -0.25) is 9.69 Å². The first-order valence-electron chi connectivity index (χ1n) is 7.25. The quantitative estimate of drug-likeness (QED) is 0.674. The van der Waals surface area contributed by atoms with Gasteiger partial charge in [-0.25, -0.2) is 0 Å². The fourth-order valence-corrected chi connectivity index (χ4v) is 2.54. The molecule has 1 amide bonds. The second kappa shape index (κ2) is 7.40. The fourth-order valence-electron chi connectivity index (χ4n) is 2.54. The zero-order valence-electron chi connectivity index (χ0n) is 12.1. The number of phenols is 1. The monoisotopic (exact) mass is 293 g/mol. The highest BCUT2D eigenvalue weighted by molar-refractivity contribution is 5.82. The van der Waals surface area contributed by atoms with Gasteiger partial charge in [0.2, 0.25) is 5.91 Å². The number of rotatable bonds is 5.